The van der Waals surface area contributed by atoms with Crippen LogP contribution in [0.2, 0.25) is 0 Å². The Morgan fingerprint density at radius 1 is 1.53 bits per heavy atom. The molecule has 0 bridgehead atoms. The predicted octanol–water partition coefficient (Wildman–Crippen LogP) is 1.42. The van der Waals surface area contributed by atoms with Crippen molar-refractivity contribution in [2.24, 2.45) is 0 Å². The van der Waals surface area contributed by atoms with E-state index in [2.05, 4.69) is 41.9 Å². The van der Waals surface area contributed by atoms with Crippen molar-refractivity contribution < 1.29 is 4.79 Å². The number of nitrogens with zero attached hydrogens (tertiary/aromatic N) is 3. The zero-order valence-corrected chi connectivity index (χ0v) is 12.0. The van der Waals surface area contributed by atoms with Gasteiger partial charge in [0, 0.05) is 16.9 Å². The molecule has 0 fully saturated rings. The molecule has 0 saturated heterocycles. The van der Waals surface area contributed by atoms with E-state index in [1.807, 2.05) is 31.2 Å². The first-order chi connectivity index (χ1) is 9.15. The van der Waals surface area contributed by atoms with Crippen LogP contribution in [0.5, 0.6) is 0 Å². The summed E-state index contributed by atoms with van der Waals surface area (Å²) in [4.78, 5) is 11.8. The normalized spacial score (nSPS) is 12.1. The monoisotopic (exact) mass is 323 g/mol. The molecule has 1 aromatic heterocycles. The number of carbonyl (C=O) groups is 1. The molecule has 2 rings (SSSR count). The maximum atomic E-state index is 11.8. The number of halogens is 1. The zero-order valence-electron chi connectivity index (χ0n) is 10.4. The minimum atomic E-state index is -0.0200. The Kier molecular flexibility index (Phi) is 4.62. The molecule has 1 atom stereocenters. The van der Waals surface area contributed by atoms with Crippen LogP contribution in [0.15, 0.2) is 28.7 Å². The van der Waals surface area contributed by atoms with Gasteiger partial charge in [0.2, 0.25) is 5.91 Å². The standard InChI is InChI=1S/C12H14BrN5O/c1-8(12-15-17-18-16-12)7-14-11(19)6-9-3-2-4-10(13)5-9/h2-5,8H,6-7H2,1H3,(H,14,19)(H,15,16,17,18)/t8-/m1/s1. The molecular weight excluding hydrogens is 310 g/mol. The maximum absolute atomic E-state index is 11.8. The molecule has 1 amide bonds. The minimum Gasteiger partial charge on any atom is -0.355 e. The van der Waals surface area contributed by atoms with Crippen molar-refractivity contribution in [3.63, 3.8) is 0 Å². The summed E-state index contributed by atoms with van der Waals surface area (Å²) in [6.45, 7) is 2.43. The molecule has 0 spiro atoms. The fourth-order valence-corrected chi connectivity index (χ4v) is 2.08. The number of H-pyrrole nitrogens is 1. The Labute approximate surface area is 119 Å². The van der Waals surface area contributed by atoms with Crippen LogP contribution >= 0.6 is 15.9 Å². The smallest absolute Gasteiger partial charge is 0.224 e. The molecule has 0 aliphatic carbocycles. The van der Waals surface area contributed by atoms with Crippen molar-refractivity contribution in [3.05, 3.63) is 40.1 Å². The van der Waals surface area contributed by atoms with Gasteiger partial charge < -0.3 is 5.32 Å². The number of amides is 1. The third-order valence-electron chi connectivity index (χ3n) is 2.66. The summed E-state index contributed by atoms with van der Waals surface area (Å²) in [5.41, 5.74) is 0.971. The van der Waals surface area contributed by atoms with Crippen LogP contribution < -0.4 is 5.32 Å². The molecule has 0 unspecified atom stereocenters. The summed E-state index contributed by atoms with van der Waals surface area (Å²) in [6, 6.07) is 7.70. The first-order valence-corrected chi connectivity index (χ1v) is 6.69. The molecule has 1 heterocycles. The number of hydrogen-bond donors (Lipinski definition) is 2. The number of benzene rings is 1. The maximum Gasteiger partial charge on any atom is 0.224 e. The van der Waals surface area contributed by atoms with E-state index in [1.54, 1.807) is 0 Å². The Hall–Kier alpha value is -1.76. The number of carbonyl (C=O) groups excluding carboxylic acids is 1. The van der Waals surface area contributed by atoms with Crippen molar-refractivity contribution in [2.45, 2.75) is 19.3 Å². The van der Waals surface area contributed by atoms with E-state index in [0.717, 1.165) is 10.0 Å². The van der Waals surface area contributed by atoms with Gasteiger partial charge in [-0.25, -0.2) is 0 Å². The molecule has 2 N–H and O–H groups in total. The fraction of sp³-hybridized carbons (Fsp3) is 0.333. The average Bonchev–Trinajstić information content (AvgIpc) is 2.90. The van der Waals surface area contributed by atoms with E-state index in [9.17, 15) is 4.79 Å². The van der Waals surface area contributed by atoms with Crippen molar-refractivity contribution in [3.8, 4) is 0 Å². The van der Waals surface area contributed by atoms with Gasteiger partial charge in [0.15, 0.2) is 5.82 Å². The van der Waals surface area contributed by atoms with E-state index in [1.165, 1.54) is 0 Å². The molecule has 0 aliphatic heterocycles. The molecule has 7 heteroatoms. The summed E-state index contributed by atoms with van der Waals surface area (Å²) in [7, 11) is 0. The quantitative estimate of drug-likeness (QED) is 0.871. The molecule has 6 nitrogen and oxygen atoms in total. The highest BCUT2D eigenvalue weighted by Crippen LogP contribution is 2.12. The Morgan fingerprint density at radius 3 is 3.05 bits per heavy atom. The Morgan fingerprint density at radius 2 is 2.37 bits per heavy atom. The van der Waals surface area contributed by atoms with Crippen molar-refractivity contribution >= 4 is 21.8 Å². The van der Waals surface area contributed by atoms with Crippen LogP contribution in [-0.2, 0) is 11.2 Å². The second kappa shape index (κ2) is 6.42. The Bertz CT molecular complexity index is 543. The van der Waals surface area contributed by atoms with Crippen molar-refractivity contribution in [1.29, 1.82) is 0 Å². The SMILES string of the molecule is C[C@H](CNC(=O)Cc1cccc(Br)c1)c1nn[nH]n1. The third kappa shape index (κ3) is 4.13. The lowest BCUT2D eigenvalue weighted by atomic mass is 10.1. The molecule has 0 saturated carbocycles. The molecular formula is C12H14BrN5O. The number of nitrogens with one attached hydrogen (secondary N) is 2. The van der Waals surface area contributed by atoms with Crippen LogP contribution in [-0.4, -0.2) is 33.1 Å². The van der Waals surface area contributed by atoms with E-state index in [-0.39, 0.29) is 11.8 Å². The molecule has 0 radical (unpaired) electrons. The van der Waals surface area contributed by atoms with Crippen molar-refractivity contribution in [2.75, 3.05) is 6.54 Å². The van der Waals surface area contributed by atoms with Gasteiger partial charge in [0.25, 0.3) is 0 Å². The van der Waals surface area contributed by atoms with Crippen LogP contribution in [0.25, 0.3) is 0 Å². The van der Waals surface area contributed by atoms with Crippen molar-refractivity contribution in [1.82, 2.24) is 25.9 Å². The largest absolute Gasteiger partial charge is 0.355 e. The fourth-order valence-electron chi connectivity index (χ4n) is 1.63. The van der Waals surface area contributed by atoms with Gasteiger partial charge in [0.05, 0.1) is 6.42 Å². The van der Waals surface area contributed by atoms with Crippen LogP contribution in [0.3, 0.4) is 0 Å². The Balaban J connectivity index is 1.82. The van der Waals surface area contributed by atoms with Gasteiger partial charge in [-0.1, -0.05) is 40.2 Å². The number of tetrazole rings is 1. The lowest BCUT2D eigenvalue weighted by Gasteiger charge is -2.09. The highest BCUT2D eigenvalue weighted by molar-refractivity contribution is 9.10. The lowest BCUT2D eigenvalue weighted by molar-refractivity contribution is -0.120. The third-order valence-corrected chi connectivity index (χ3v) is 3.15. The number of rotatable bonds is 5. The predicted molar refractivity (Wildman–Crippen MR) is 73.4 cm³/mol. The highest BCUT2D eigenvalue weighted by atomic mass is 79.9. The molecule has 2 aromatic rings. The first-order valence-electron chi connectivity index (χ1n) is 5.89. The molecule has 1 aromatic carbocycles. The second-order valence-electron chi connectivity index (χ2n) is 4.28. The van der Waals surface area contributed by atoms with Gasteiger partial charge >= 0.3 is 0 Å². The first kappa shape index (κ1) is 13.7. The minimum absolute atomic E-state index is 0.0200. The van der Waals surface area contributed by atoms with E-state index < -0.39 is 0 Å². The van der Waals surface area contributed by atoms with E-state index in [4.69, 9.17) is 0 Å². The van der Waals surface area contributed by atoms with E-state index in [0.29, 0.717) is 18.8 Å². The summed E-state index contributed by atoms with van der Waals surface area (Å²) >= 11 is 3.38. The van der Waals surface area contributed by atoms with E-state index >= 15 is 0 Å². The number of hydrogen-bond acceptors (Lipinski definition) is 4. The highest BCUT2D eigenvalue weighted by Gasteiger charge is 2.12. The molecule has 100 valence electrons. The van der Waals surface area contributed by atoms with Gasteiger partial charge in [-0.15, -0.1) is 10.2 Å². The molecule has 19 heavy (non-hydrogen) atoms. The van der Waals surface area contributed by atoms with Gasteiger partial charge in [-0.2, -0.15) is 5.21 Å². The van der Waals surface area contributed by atoms with Gasteiger partial charge in [-0.05, 0) is 17.7 Å². The summed E-state index contributed by atoms with van der Waals surface area (Å²) < 4.78 is 0.970. The number of aromatic nitrogens is 4. The average molecular weight is 324 g/mol. The van der Waals surface area contributed by atoms with Crippen LogP contribution in [0.1, 0.15) is 24.2 Å². The summed E-state index contributed by atoms with van der Waals surface area (Å²) in [6.07, 6.45) is 0.360. The summed E-state index contributed by atoms with van der Waals surface area (Å²) in [5.74, 6) is 0.612. The lowest BCUT2D eigenvalue weighted by Crippen LogP contribution is -2.29. The number of aromatic amines is 1. The molecule has 0 aliphatic rings. The van der Waals surface area contributed by atoms with Gasteiger partial charge in [0.1, 0.15) is 0 Å². The van der Waals surface area contributed by atoms with Crippen LogP contribution in [0, 0.1) is 0 Å². The topological polar surface area (TPSA) is 83.6 Å². The summed E-state index contributed by atoms with van der Waals surface area (Å²) in [5, 5.41) is 16.5. The van der Waals surface area contributed by atoms with Gasteiger partial charge in [-0.3, -0.25) is 4.79 Å². The van der Waals surface area contributed by atoms with Crippen LogP contribution in [0.4, 0.5) is 0 Å². The zero-order chi connectivity index (χ0) is 13.7. The second-order valence-corrected chi connectivity index (χ2v) is 5.20.